The third-order valence-corrected chi connectivity index (χ3v) is 1.06. The summed E-state index contributed by atoms with van der Waals surface area (Å²) in [4.78, 5) is 0. The van der Waals surface area contributed by atoms with Crippen LogP contribution in [0, 0.1) is 0 Å². The van der Waals surface area contributed by atoms with Crippen molar-refractivity contribution in [3.05, 3.63) is 36.7 Å². The van der Waals surface area contributed by atoms with Gasteiger partial charge in [0.2, 0.25) is 0 Å². The summed E-state index contributed by atoms with van der Waals surface area (Å²) in [5.74, 6) is 0. The molecule has 1 aromatic rings. The number of rotatable bonds is 1. The van der Waals surface area contributed by atoms with E-state index in [2.05, 4.69) is 0 Å². The lowest BCUT2D eigenvalue weighted by molar-refractivity contribution is -0.568. The predicted molar refractivity (Wildman–Crippen MR) is 37.6 cm³/mol. The van der Waals surface area contributed by atoms with Crippen molar-refractivity contribution >= 4 is 6.20 Å². The molecule has 0 radical (unpaired) electrons. The fourth-order valence-corrected chi connectivity index (χ4v) is 0.683. The van der Waals surface area contributed by atoms with E-state index in [1.54, 1.807) is 0 Å². The highest BCUT2D eigenvalue weighted by molar-refractivity contribution is 5.03. The van der Waals surface area contributed by atoms with Gasteiger partial charge in [0.1, 0.15) is 0 Å². The summed E-state index contributed by atoms with van der Waals surface area (Å²) in [5.41, 5.74) is 0. The first-order chi connectivity index (χ1) is 4.43. The van der Waals surface area contributed by atoms with Crippen molar-refractivity contribution in [1.29, 1.82) is 0 Å². The Labute approximate surface area is 78.4 Å². The first-order valence-electron chi connectivity index (χ1n) is 3.02. The molecule has 0 amide bonds. The molecule has 0 unspecified atom stereocenters. The number of hydrogen-bond donors (Lipinski definition) is 0. The van der Waals surface area contributed by atoms with Crippen molar-refractivity contribution in [1.82, 2.24) is 0 Å². The minimum Gasteiger partial charge on any atom is -1.00 e. The van der Waals surface area contributed by atoms with Crippen LogP contribution >= 0.6 is 0 Å². The van der Waals surface area contributed by atoms with Crippen LogP contribution in [0.3, 0.4) is 0 Å². The van der Waals surface area contributed by atoms with Gasteiger partial charge in [-0.25, -0.2) is 0 Å². The second-order valence-electron chi connectivity index (χ2n) is 1.81. The Kier molecular flexibility index (Phi) is 5.20. The second-order valence-corrected chi connectivity index (χ2v) is 1.81. The molecule has 0 aromatic carbocycles. The van der Waals surface area contributed by atoms with Crippen LogP contribution in [0.4, 0.5) is 0 Å². The molecular weight excluding hydrogens is 237 g/mol. The first-order valence-corrected chi connectivity index (χ1v) is 3.02. The predicted octanol–water partition coefficient (Wildman–Crippen LogP) is -1.53. The molecule has 0 saturated carbocycles. The lowest BCUT2D eigenvalue weighted by Gasteiger charge is -1.80. The normalized spacial score (nSPS) is 9.30. The Morgan fingerprint density at radius 1 is 1.10 bits per heavy atom. The first kappa shape index (κ1) is 9.62. The molecular formula is C8H10IN. The largest absolute Gasteiger partial charge is 1.00 e. The molecule has 1 heterocycles. The molecule has 0 aliphatic heterocycles. The third kappa shape index (κ3) is 2.96. The van der Waals surface area contributed by atoms with Crippen LogP contribution in [0.25, 0.3) is 6.20 Å². The number of nitrogens with zero attached hydrogens (tertiary/aromatic N) is 1. The van der Waals surface area contributed by atoms with E-state index in [0.717, 1.165) is 0 Å². The monoisotopic (exact) mass is 247 g/mol. The molecule has 0 aliphatic rings. The molecule has 0 atom stereocenters. The van der Waals surface area contributed by atoms with Crippen molar-refractivity contribution in [2.24, 2.45) is 0 Å². The van der Waals surface area contributed by atoms with Crippen LogP contribution in [0.2, 0.25) is 0 Å². The van der Waals surface area contributed by atoms with E-state index < -0.39 is 0 Å². The molecule has 0 fully saturated rings. The summed E-state index contributed by atoms with van der Waals surface area (Å²) in [7, 11) is 0. The number of allylic oxidation sites excluding steroid dienone is 1. The van der Waals surface area contributed by atoms with E-state index >= 15 is 0 Å². The van der Waals surface area contributed by atoms with Crippen molar-refractivity contribution in [3.63, 3.8) is 0 Å². The Bertz CT molecular complexity index is 194. The van der Waals surface area contributed by atoms with Crippen molar-refractivity contribution in [2.45, 2.75) is 6.92 Å². The molecule has 0 saturated heterocycles. The molecule has 10 heavy (non-hydrogen) atoms. The number of halogens is 1. The fraction of sp³-hybridized carbons (Fsp3) is 0.125. The zero-order valence-electron chi connectivity index (χ0n) is 5.87. The van der Waals surface area contributed by atoms with Gasteiger partial charge in [-0.3, -0.25) is 0 Å². The zero-order valence-corrected chi connectivity index (χ0v) is 8.02. The average Bonchev–Trinajstić information content (AvgIpc) is 1.91. The molecule has 1 aromatic heterocycles. The van der Waals surface area contributed by atoms with E-state index in [0.29, 0.717) is 0 Å². The maximum atomic E-state index is 2.00. The lowest BCUT2D eigenvalue weighted by atomic mass is 10.5. The smallest absolute Gasteiger partial charge is 0.174 e. The van der Waals surface area contributed by atoms with Crippen molar-refractivity contribution in [2.75, 3.05) is 0 Å². The SMILES string of the molecule is CC=C[n+]1ccccc1.[I-]. The molecule has 0 N–H and O–H groups in total. The quantitative estimate of drug-likeness (QED) is 0.419. The van der Waals surface area contributed by atoms with Gasteiger partial charge in [0.05, 0.1) is 0 Å². The molecule has 0 bridgehead atoms. The standard InChI is InChI=1S/C8H10N.HI/c1-2-6-9-7-4-3-5-8-9;/h2-8H,1H3;1H/q+1;/p-1. The van der Waals surface area contributed by atoms with Crippen LogP contribution in [0.5, 0.6) is 0 Å². The van der Waals surface area contributed by atoms with Crippen LogP contribution in [-0.4, -0.2) is 0 Å². The van der Waals surface area contributed by atoms with E-state index in [4.69, 9.17) is 0 Å². The Morgan fingerprint density at radius 2 is 1.70 bits per heavy atom. The maximum absolute atomic E-state index is 2.00. The summed E-state index contributed by atoms with van der Waals surface area (Å²) < 4.78 is 2.00. The van der Waals surface area contributed by atoms with Gasteiger partial charge in [-0.2, -0.15) is 4.57 Å². The van der Waals surface area contributed by atoms with Crippen LogP contribution in [-0.2, 0) is 0 Å². The summed E-state index contributed by atoms with van der Waals surface area (Å²) in [6.45, 7) is 2.00. The van der Waals surface area contributed by atoms with E-state index in [9.17, 15) is 0 Å². The summed E-state index contributed by atoms with van der Waals surface area (Å²) in [6, 6.07) is 6.00. The van der Waals surface area contributed by atoms with Gasteiger partial charge in [0, 0.05) is 12.1 Å². The van der Waals surface area contributed by atoms with E-state index in [1.165, 1.54) is 0 Å². The molecule has 1 rings (SSSR count). The number of pyridine rings is 1. The lowest BCUT2D eigenvalue weighted by Crippen LogP contribution is -3.00. The summed E-state index contributed by atoms with van der Waals surface area (Å²) >= 11 is 0. The minimum atomic E-state index is 0. The molecule has 0 spiro atoms. The van der Waals surface area contributed by atoms with Gasteiger partial charge in [-0.05, 0) is 13.0 Å². The third-order valence-electron chi connectivity index (χ3n) is 1.06. The molecule has 1 nitrogen and oxygen atoms in total. The van der Waals surface area contributed by atoms with Gasteiger partial charge >= 0.3 is 0 Å². The van der Waals surface area contributed by atoms with Crippen molar-refractivity contribution < 1.29 is 28.5 Å². The highest BCUT2D eigenvalue weighted by Gasteiger charge is 1.84. The molecule has 54 valence electrons. The number of hydrogen-bond acceptors (Lipinski definition) is 0. The van der Waals surface area contributed by atoms with Crippen LogP contribution in [0.15, 0.2) is 36.7 Å². The second kappa shape index (κ2) is 5.41. The molecule has 2 heteroatoms. The summed E-state index contributed by atoms with van der Waals surface area (Å²) in [6.07, 6.45) is 8.00. The fourth-order valence-electron chi connectivity index (χ4n) is 0.683. The highest BCUT2D eigenvalue weighted by Crippen LogP contribution is 1.76. The number of aromatic nitrogens is 1. The molecule has 0 aliphatic carbocycles. The van der Waals surface area contributed by atoms with Gasteiger partial charge in [0.25, 0.3) is 0 Å². The summed E-state index contributed by atoms with van der Waals surface area (Å²) in [5, 5.41) is 0. The topological polar surface area (TPSA) is 3.88 Å². The Hall–Kier alpha value is -0.380. The zero-order chi connectivity index (χ0) is 6.53. The van der Waals surface area contributed by atoms with Crippen LogP contribution in [0.1, 0.15) is 6.92 Å². The van der Waals surface area contributed by atoms with Gasteiger partial charge in [0.15, 0.2) is 18.6 Å². The van der Waals surface area contributed by atoms with Crippen molar-refractivity contribution in [3.8, 4) is 0 Å². The highest BCUT2D eigenvalue weighted by atomic mass is 127. The Balaban J connectivity index is 0.000000810. The Morgan fingerprint density at radius 3 is 2.20 bits per heavy atom. The maximum Gasteiger partial charge on any atom is 0.174 e. The van der Waals surface area contributed by atoms with E-state index in [-0.39, 0.29) is 24.0 Å². The van der Waals surface area contributed by atoms with Gasteiger partial charge in [-0.15, -0.1) is 0 Å². The average molecular weight is 247 g/mol. The van der Waals surface area contributed by atoms with Gasteiger partial charge < -0.3 is 24.0 Å². The van der Waals surface area contributed by atoms with E-state index in [1.807, 2.05) is 54.4 Å². The van der Waals surface area contributed by atoms with Crippen LogP contribution < -0.4 is 28.5 Å². The van der Waals surface area contributed by atoms with Gasteiger partial charge in [-0.1, -0.05) is 6.07 Å². The minimum absolute atomic E-state index is 0.